The van der Waals surface area contributed by atoms with Crippen LogP contribution in [0.5, 0.6) is 0 Å². The Hall–Kier alpha value is -0.780. The van der Waals surface area contributed by atoms with Crippen molar-refractivity contribution in [2.45, 2.75) is 30.1 Å². The smallest absolute Gasteiger partial charge is 0.211 e. The molecular weight excluding hydrogens is 389 g/mol. The minimum absolute atomic E-state index is 0.0607. The second-order valence-electron chi connectivity index (χ2n) is 5.83. The van der Waals surface area contributed by atoms with Gasteiger partial charge in [-0.05, 0) is 54.5 Å². The highest BCUT2D eigenvalue weighted by Gasteiger charge is 2.28. The molecule has 0 unspecified atom stereocenters. The van der Waals surface area contributed by atoms with Crippen LogP contribution in [0, 0.1) is 0 Å². The summed E-state index contributed by atoms with van der Waals surface area (Å²) in [6.45, 7) is 0.211. The first-order valence-corrected chi connectivity index (χ1v) is 10.2. The van der Waals surface area contributed by atoms with Crippen molar-refractivity contribution in [3.8, 4) is 0 Å². The molecule has 0 aliphatic heterocycles. The molecule has 3 rings (SSSR count). The first-order chi connectivity index (χ1) is 11.4. The van der Waals surface area contributed by atoms with Gasteiger partial charge in [0.2, 0.25) is 10.0 Å². The van der Waals surface area contributed by atoms with Gasteiger partial charge in [-0.1, -0.05) is 53.0 Å². The molecule has 0 heterocycles. The number of sulfonamides is 1. The molecule has 0 spiro atoms. The molecule has 0 bridgehead atoms. The molecule has 0 saturated heterocycles. The van der Waals surface area contributed by atoms with E-state index in [4.69, 9.17) is 34.8 Å². The zero-order valence-electron chi connectivity index (χ0n) is 12.7. The van der Waals surface area contributed by atoms with Gasteiger partial charge in [0.1, 0.15) is 4.90 Å². The average molecular weight is 405 g/mol. The molecule has 128 valence electrons. The van der Waals surface area contributed by atoms with Crippen molar-refractivity contribution in [2.24, 2.45) is 0 Å². The quantitative estimate of drug-likeness (QED) is 0.732. The Morgan fingerprint density at radius 1 is 1.00 bits per heavy atom. The molecule has 0 amide bonds. The number of benzene rings is 2. The van der Waals surface area contributed by atoms with Crippen LogP contribution in [0.3, 0.4) is 0 Å². The molecule has 1 aliphatic carbocycles. The van der Waals surface area contributed by atoms with E-state index in [2.05, 4.69) is 4.72 Å². The van der Waals surface area contributed by atoms with Crippen LogP contribution >= 0.6 is 34.8 Å². The molecule has 1 saturated carbocycles. The van der Waals surface area contributed by atoms with Gasteiger partial charge in [-0.15, -0.1) is 0 Å². The third-order valence-corrected chi connectivity index (χ3v) is 6.73. The Balaban J connectivity index is 1.74. The summed E-state index contributed by atoms with van der Waals surface area (Å²) in [6.07, 6.45) is 2.66. The predicted octanol–water partition coefficient (Wildman–Crippen LogP) is 5.05. The lowest BCUT2D eigenvalue weighted by molar-refractivity contribution is 0.581. The van der Waals surface area contributed by atoms with Crippen LogP contribution in [0.2, 0.25) is 15.1 Å². The maximum Gasteiger partial charge on any atom is 0.243 e. The van der Waals surface area contributed by atoms with Crippen molar-refractivity contribution < 1.29 is 8.42 Å². The maximum atomic E-state index is 12.5. The Morgan fingerprint density at radius 2 is 1.62 bits per heavy atom. The first kappa shape index (κ1) is 18.0. The van der Waals surface area contributed by atoms with E-state index < -0.39 is 10.0 Å². The fraction of sp³-hybridized carbons (Fsp3) is 0.294. The zero-order valence-corrected chi connectivity index (χ0v) is 15.8. The summed E-state index contributed by atoms with van der Waals surface area (Å²) in [5, 5.41) is 0.936. The Bertz CT molecular complexity index is 841. The molecule has 2 aromatic carbocycles. The Morgan fingerprint density at radius 3 is 2.21 bits per heavy atom. The molecular formula is C17H16Cl3NO2S. The molecule has 0 radical (unpaired) electrons. The molecule has 2 aromatic rings. The lowest BCUT2D eigenvalue weighted by atomic mass is 10.1. The van der Waals surface area contributed by atoms with E-state index in [0.717, 1.165) is 24.0 Å². The molecule has 1 aliphatic rings. The van der Waals surface area contributed by atoms with Crippen LogP contribution < -0.4 is 4.72 Å². The lowest BCUT2D eigenvalue weighted by Gasteiger charge is -2.12. The van der Waals surface area contributed by atoms with Gasteiger partial charge in [-0.25, -0.2) is 13.1 Å². The maximum absolute atomic E-state index is 12.5. The van der Waals surface area contributed by atoms with Crippen molar-refractivity contribution in [3.05, 3.63) is 62.6 Å². The largest absolute Gasteiger partial charge is 0.243 e. The van der Waals surface area contributed by atoms with Crippen molar-refractivity contribution in [3.63, 3.8) is 0 Å². The average Bonchev–Trinajstić information content (AvgIpc) is 3.32. The van der Waals surface area contributed by atoms with Gasteiger partial charge in [0.05, 0.1) is 10.0 Å². The fourth-order valence-electron chi connectivity index (χ4n) is 2.58. The minimum atomic E-state index is -3.78. The third kappa shape index (κ3) is 4.06. The number of hydrogen-bond donors (Lipinski definition) is 1. The minimum Gasteiger partial charge on any atom is -0.211 e. The topological polar surface area (TPSA) is 46.2 Å². The van der Waals surface area contributed by atoms with Gasteiger partial charge in [0, 0.05) is 11.6 Å². The Labute approximate surface area is 157 Å². The highest BCUT2D eigenvalue weighted by Crippen LogP contribution is 2.43. The molecule has 0 aromatic heterocycles. The van der Waals surface area contributed by atoms with Gasteiger partial charge >= 0.3 is 0 Å². The summed E-state index contributed by atoms with van der Waals surface area (Å²) in [7, 11) is -3.78. The molecule has 0 atom stereocenters. The molecule has 24 heavy (non-hydrogen) atoms. The summed E-state index contributed by atoms with van der Waals surface area (Å²) in [6, 6.07) is 10.7. The molecule has 1 N–H and O–H groups in total. The highest BCUT2D eigenvalue weighted by molar-refractivity contribution is 7.89. The number of nitrogens with one attached hydrogen (secondary N) is 1. The number of rotatable bonds is 6. The van der Waals surface area contributed by atoms with Crippen LogP contribution in [-0.4, -0.2) is 15.0 Å². The predicted molar refractivity (Wildman–Crippen MR) is 98.8 cm³/mol. The normalized spacial score (nSPS) is 14.8. The van der Waals surface area contributed by atoms with Crippen LogP contribution in [-0.2, 0) is 16.4 Å². The lowest BCUT2D eigenvalue weighted by Crippen LogP contribution is -2.26. The summed E-state index contributed by atoms with van der Waals surface area (Å²) < 4.78 is 27.6. The van der Waals surface area contributed by atoms with Gasteiger partial charge in [-0.3, -0.25) is 0 Å². The van der Waals surface area contributed by atoms with E-state index in [1.165, 1.54) is 0 Å². The number of halogens is 3. The van der Waals surface area contributed by atoms with Gasteiger partial charge in [0.15, 0.2) is 0 Å². The van der Waals surface area contributed by atoms with Crippen LogP contribution in [0.15, 0.2) is 41.3 Å². The SMILES string of the molecule is O=S(=O)(NCCc1ccccc1Cl)c1c(Cl)cc(C2CC2)cc1Cl. The second-order valence-corrected chi connectivity index (χ2v) is 8.75. The van der Waals surface area contributed by atoms with Crippen molar-refractivity contribution >= 4 is 44.8 Å². The number of hydrogen-bond acceptors (Lipinski definition) is 2. The molecule has 7 heteroatoms. The van der Waals surface area contributed by atoms with E-state index in [1.807, 2.05) is 18.2 Å². The van der Waals surface area contributed by atoms with Crippen LogP contribution in [0.25, 0.3) is 0 Å². The van der Waals surface area contributed by atoms with Crippen LogP contribution in [0.1, 0.15) is 29.9 Å². The summed E-state index contributed by atoms with van der Waals surface area (Å²) in [4.78, 5) is -0.0607. The first-order valence-electron chi connectivity index (χ1n) is 7.60. The van der Waals surface area contributed by atoms with Crippen molar-refractivity contribution in [1.29, 1.82) is 0 Å². The second kappa shape index (κ2) is 7.22. The van der Waals surface area contributed by atoms with Crippen molar-refractivity contribution in [1.82, 2.24) is 4.72 Å². The Kier molecular flexibility index (Phi) is 5.42. The monoisotopic (exact) mass is 403 g/mol. The van der Waals surface area contributed by atoms with E-state index >= 15 is 0 Å². The highest BCUT2D eigenvalue weighted by atomic mass is 35.5. The zero-order chi connectivity index (χ0) is 17.3. The fourth-order valence-corrected chi connectivity index (χ4v) is 5.07. The van der Waals surface area contributed by atoms with Gasteiger partial charge in [-0.2, -0.15) is 0 Å². The van der Waals surface area contributed by atoms with Gasteiger partial charge in [0.25, 0.3) is 0 Å². The van der Waals surface area contributed by atoms with Gasteiger partial charge < -0.3 is 0 Å². The van der Waals surface area contributed by atoms with E-state index in [9.17, 15) is 8.42 Å². The summed E-state index contributed by atoms with van der Waals surface area (Å²) in [5.41, 5.74) is 1.88. The van der Waals surface area contributed by atoms with E-state index in [-0.39, 0.29) is 21.5 Å². The van der Waals surface area contributed by atoms with E-state index in [0.29, 0.717) is 17.4 Å². The summed E-state index contributed by atoms with van der Waals surface area (Å²) >= 11 is 18.5. The standard InChI is InChI=1S/C17H16Cl3NO2S/c18-14-4-2-1-3-12(14)7-8-21-24(22,23)17-15(19)9-13(10-16(17)20)11-5-6-11/h1-4,9-11,21H,5-8H2. The van der Waals surface area contributed by atoms with E-state index in [1.54, 1.807) is 18.2 Å². The summed E-state index contributed by atoms with van der Waals surface area (Å²) in [5.74, 6) is 0.449. The van der Waals surface area contributed by atoms with Crippen LogP contribution in [0.4, 0.5) is 0 Å². The van der Waals surface area contributed by atoms with Crippen molar-refractivity contribution in [2.75, 3.05) is 6.54 Å². The molecule has 3 nitrogen and oxygen atoms in total. The molecule has 1 fully saturated rings. The third-order valence-electron chi connectivity index (χ3n) is 3.98.